The third-order valence-corrected chi connectivity index (χ3v) is 10.9. The summed E-state index contributed by atoms with van der Waals surface area (Å²) in [6.07, 6.45) is 8.75. The molecule has 2 heterocycles. The highest BCUT2D eigenvalue weighted by atomic mass is 32.1. The van der Waals surface area contributed by atoms with Crippen LogP contribution < -0.4 is 18.9 Å². The molecule has 48 heavy (non-hydrogen) atoms. The van der Waals surface area contributed by atoms with Gasteiger partial charge in [0.15, 0.2) is 0 Å². The van der Waals surface area contributed by atoms with E-state index in [-0.39, 0.29) is 0 Å². The van der Waals surface area contributed by atoms with E-state index < -0.39 is 0 Å². The number of nitrogens with zero attached hydrogens (tertiary/aromatic N) is 4. The van der Waals surface area contributed by atoms with E-state index in [1.165, 1.54) is 53.0 Å². The molecule has 4 aromatic carbocycles. The molecule has 0 saturated carbocycles. The molecular weight excluding hydrogens is 633 g/mol. The Morgan fingerprint density at radius 1 is 0.521 bits per heavy atom. The summed E-state index contributed by atoms with van der Waals surface area (Å²) < 4.78 is 18.8. The molecule has 8 heteroatoms. The molecule has 6 rings (SSSR count). The highest BCUT2D eigenvalue weighted by Gasteiger charge is 2.14. The SMILES string of the molecule is CN(CCOCCOCCN(C)c1ccc(/C=C/c2sc3ccccc3[n+]2C)cc1)c1ccc(/C=C/c2sc3ccccc3[n+]2C)cc1. The molecule has 6 aromatic rings. The summed E-state index contributed by atoms with van der Waals surface area (Å²) in [5, 5.41) is 2.47. The smallest absolute Gasteiger partial charge is 0.262 e. The minimum atomic E-state index is 0.592. The molecule has 0 fully saturated rings. The molecule has 0 N–H and O–H groups in total. The van der Waals surface area contributed by atoms with Gasteiger partial charge in [0.05, 0.1) is 26.4 Å². The number of para-hydroxylation sites is 2. The third kappa shape index (κ3) is 8.38. The van der Waals surface area contributed by atoms with Gasteiger partial charge in [0.1, 0.15) is 23.5 Å². The fraction of sp³-hybridized carbons (Fsp3) is 0.250. The second-order valence-corrected chi connectivity index (χ2v) is 14.0. The van der Waals surface area contributed by atoms with Crippen LogP contribution >= 0.6 is 22.7 Å². The van der Waals surface area contributed by atoms with E-state index in [0.717, 1.165) is 13.1 Å². The van der Waals surface area contributed by atoms with Crippen LogP contribution in [0.1, 0.15) is 21.1 Å². The van der Waals surface area contributed by atoms with Crippen LogP contribution in [-0.2, 0) is 23.6 Å². The fourth-order valence-corrected chi connectivity index (χ4v) is 7.64. The number of thiazole rings is 2. The summed E-state index contributed by atoms with van der Waals surface area (Å²) in [6.45, 7) is 4.15. The Balaban J connectivity index is 0.852. The van der Waals surface area contributed by atoms with Crippen molar-refractivity contribution in [2.24, 2.45) is 14.1 Å². The van der Waals surface area contributed by atoms with E-state index >= 15 is 0 Å². The Kier molecular flexibility index (Phi) is 11.3. The van der Waals surface area contributed by atoms with E-state index in [4.69, 9.17) is 9.47 Å². The predicted octanol–water partition coefficient (Wildman–Crippen LogP) is 7.71. The number of hydrogen-bond acceptors (Lipinski definition) is 6. The third-order valence-electron chi connectivity index (χ3n) is 8.56. The van der Waals surface area contributed by atoms with Crippen LogP contribution in [0.5, 0.6) is 0 Å². The van der Waals surface area contributed by atoms with Crippen molar-refractivity contribution in [3.05, 3.63) is 118 Å². The molecule has 0 amide bonds. The first-order valence-electron chi connectivity index (χ1n) is 16.4. The van der Waals surface area contributed by atoms with Crippen LogP contribution in [0.25, 0.3) is 44.7 Å². The lowest BCUT2D eigenvalue weighted by Gasteiger charge is -2.20. The largest absolute Gasteiger partial charge is 0.377 e. The van der Waals surface area contributed by atoms with Gasteiger partial charge in [-0.3, -0.25) is 0 Å². The van der Waals surface area contributed by atoms with Crippen LogP contribution in [-0.4, -0.2) is 53.6 Å². The number of aromatic nitrogens is 2. The standard InChI is InChI=1S/C40H44N4O2S2/c1-41(33-19-13-31(14-20-33)17-23-39-43(3)35-9-5-7-11-37(35)47-39)25-27-45-29-30-46-28-26-42(2)34-21-15-32(16-22-34)18-24-40-44(4)36-10-6-8-12-38(36)48-40/h5-24H,25-30H2,1-4H3/q+2. The number of fused-ring (bicyclic) bond motifs is 2. The second kappa shape index (κ2) is 16.2. The molecule has 0 aliphatic carbocycles. The Bertz CT molecular complexity index is 1850. The van der Waals surface area contributed by atoms with Gasteiger partial charge in [0.2, 0.25) is 11.0 Å². The number of rotatable bonds is 15. The lowest BCUT2D eigenvalue weighted by molar-refractivity contribution is -0.642. The summed E-state index contributed by atoms with van der Waals surface area (Å²) in [6, 6.07) is 34.4. The Morgan fingerprint density at radius 2 is 0.917 bits per heavy atom. The van der Waals surface area contributed by atoms with Gasteiger partial charge >= 0.3 is 0 Å². The molecule has 2 aromatic heterocycles. The number of anilines is 2. The number of likely N-dealkylation sites (N-methyl/N-ethyl adjacent to an activating group) is 2. The van der Waals surface area contributed by atoms with Gasteiger partial charge in [0.25, 0.3) is 10.0 Å². The Labute approximate surface area is 292 Å². The molecule has 246 valence electrons. The van der Waals surface area contributed by atoms with Gasteiger partial charge in [-0.15, -0.1) is 0 Å². The highest BCUT2D eigenvalue weighted by molar-refractivity contribution is 7.19. The van der Waals surface area contributed by atoms with Crippen LogP contribution in [0.4, 0.5) is 11.4 Å². The first-order valence-corrected chi connectivity index (χ1v) is 18.0. The monoisotopic (exact) mass is 676 g/mol. The molecule has 0 saturated heterocycles. The lowest BCUT2D eigenvalue weighted by Crippen LogP contribution is -2.28. The first-order chi connectivity index (χ1) is 23.5. The van der Waals surface area contributed by atoms with Crippen LogP contribution in [0.15, 0.2) is 97.1 Å². The normalized spacial score (nSPS) is 11.8. The van der Waals surface area contributed by atoms with Crippen LogP contribution in [0.3, 0.4) is 0 Å². The average Bonchev–Trinajstić information content (AvgIpc) is 3.62. The number of ether oxygens (including phenoxy) is 2. The van der Waals surface area contributed by atoms with E-state index in [2.05, 4.69) is 168 Å². The minimum absolute atomic E-state index is 0.592. The van der Waals surface area contributed by atoms with Crippen molar-refractivity contribution in [2.75, 3.05) is 63.4 Å². The summed E-state index contributed by atoms with van der Waals surface area (Å²) in [5.74, 6) is 0. The van der Waals surface area contributed by atoms with Gasteiger partial charge in [-0.25, -0.2) is 0 Å². The highest BCUT2D eigenvalue weighted by Crippen LogP contribution is 2.23. The summed E-state index contributed by atoms with van der Waals surface area (Å²) >= 11 is 3.62. The molecule has 0 aliphatic heterocycles. The maximum absolute atomic E-state index is 5.86. The fourth-order valence-electron chi connectivity index (χ4n) is 5.53. The second-order valence-electron chi connectivity index (χ2n) is 11.9. The van der Waals surface area contributed by atoms with Gasteiger partial charge in [-0.1, -0.05) is 71.2 Å². The molecule has 0 bridgehead atoms. The van der Waals surface area contributed by atoms with E-state index in [1.54, 1.807) is 0 Å². The first kappa shape index (κ1) is 33.6. The van der Waals surface area contributed by atoms with Crippen molar-refractivity contribution in [1.82, 2.24) is 0 Å². The Morgan fingerprint density at radius 3 is 1.31 bits per heavy atom. The molecular formula is C40H44N4O2S2+2. The van der Waals surface area contributed by atoms with Crippen molar-refractivity contribution in [3.63, 3.8) is 0 Å². The van der Waals surface area contributed by atoms with Crippen molar-refractivity contribution in [1.29, 1.82) is 0 Å². The van der Waals surface area contributed by atoms with Crippen LogP contribution in [0.2, 0.25) is 0 Å². The molecule has 0 aliphatic rings. The van der Waals surface area contributed by atoms with Gasteiger partial charge in [0, 0.05) is 62.8 Å². The van der Waals surface area contributed by atoms with Crippen molar-refractivity contribution >= 4 is 78.8 Å². The minimum Gasteiger partial charge on any atom is -0.377 e. The van der Waals surface area contributed by atoms with Gasteiger partial charge in [-0.2, -0.15) is 9.13 Å². The van der Waals surface area contributed by atoms with Crippen molar-refractivity contribution in [3.8, 4) is 0 Å². The molecule has 0 unspecified atom stereocenters. The van der Waals surface area contributed by atoms with Gasteiger partial charge in [-0.05, 0) is 59.7 Å². The maximum atomic E-state index is 5.86. The number of aryl methyl sites for hydroxylation is 2. The van der Waals surface area contributed by atoms with Crippen molar-refractivity contribution in [2.45, 2.75) is 0 Å². The zero-order chi connectivity index (χ0) is 33.3. The maximum Gasteiger partial charge on any atom is 0.262 e. The molecule has 0 spiro atoms. The summed E-state index contributed by atoms with van der Waals surface area (Å²) in [5.41, 5.74) is 7.26. The molecule has 0 radical (unpaired) electrons. The Hall–Kier alpha value is -4.34. The molecule has 6 nitrogen and oxygen atoms in total. The zero-order valence-corrected chi connectivity index (χ0v) is 29.8. The van der Waals surface area contributed by atoms with Crippen LogP contribution in [0, 0.1) is 0 Å². The average molecular weight is 677 g/mol. The topological polar surface area (TPSA) is 32.7 Å². The number of hydrogen-bond donors (Lipinski definition) is 0. The lowest BCUT2D eigenvalue weighted by atomic mass is 10.2. The van der Waals surface area contributed by atoms with Gasteiger partial charge < -0.3 is 19.3 Å². The van der Waals surface area contributed by atoms with E-state index in [9.17, 15) is 0 Å². The predicted molar refractivity (Wildman–Crippen MR) is 205 cm³/mol. The summed E-state index contributed by atoms with van der Waals surface area (Å²) in [4.78, 5) is 4.45. The van der Waals surface area contributed by atoms with Crippen molar-refractivity contribution < 1.29 is 18.6 Å². The summed E-state index contributed by atoms with van der Waals surface area (Å²) in [7, 11) is 8.45. The number of benzene rings is 4. The zero-order valence-electron chi connectivity index (χ0n) is 28.2. The quantitative estimate of drug-likeness (QED) is 0.0825. The van der Waals surface area contributed by atoms with E-state index in [0.29, 0.717) is 26.4 Å². The molecule has 0 atom stereocenters. The van der Waals surface area contributed by atoms with E-state index in [1.807, 2.05) is 22.7 Å².